The number of rotatable bonds is 5. The zero-order chi connectivity index (χ0) is 20.4. The van der Waals surface area contributed by atoms with E-state index in [1.165, 1.54) is 0 Å². The first-order valence-corrected chi connectivity index (χ1v) is 10.4. The van der Waals surface area contributed by atoms with Crippen LogP contribution in [0.15, 0.2) is 48.5 Å². The maximum Gasteiger partial charge on any atom is 0.303 e. The zero-order valence-corrected chi connectivity index (χ0v) is 16.9. The van der Waals surface area contributed by atoms with E-state index < -0.39 is 5.97 Å². The summed E-state index contributed by atoms with van der Waals surface area (Å²) in [5, 5.41) is 13.1. The van der Waals surface area contributed by atoms with Gasteiger partial charge in [0.05, 0.1) is 12.0 Å². The van der Waals surface area contributed by atoms with Crippen LogP contribution in [0.5, 0.6) is 0 Å². The second kappa shape index (κ2) is 7.90. The fourth-order valence-corrected chi connectivity index (χ4v) is 4.84. The first-order chi connectivity index (χ1) is 14.0. The monoisotopic (exact) mass is 392 g/mol. The third-order valence-electron chi connectivity index (χ3n) is 6.36. The highest BCUT2D eigenvalue weighted by atomic mass is 16.4. The molecule has 2 aromatic rings. The molecule has 0 bridgehead atoms. The van der Waals surface area contributed by atoms with Gasteiger partial charge in [0, 0.05) is 12.2 Å². The molecule has 1 aliphatic heterocycles. The number of hydrogen-bond acceptors (Lipinski definition) is 3. The molecule has 0 radical (unpaired) electrons. The SMILES string of the molecule is Cc1ccc(C2Nc3ccccc3C(=O)N2CC2(CC(=O)O)CCCCC2)cc1. The van der Waals surface area contributed by atoms with E-state index in [9.17, 15) is 14.7 Å². The van der Waals surface area contributed by atoms with Crippen molar-refractivity contribution < 1.29 is 14.7 Å². The number of anilines is 1. The molecule has 5 heteroatoms. The molecule has 1 amide bonds. The molecule has 4 rings (SSSR count). The summed E-state index contributed by atoms with van der Waals surface area (Å²) in [5.74, 6) is -0.808. The molecule has 2 aromatic carbocycles. The van der Waals surface area contributed by atoms with Crippen LogP contribution in [0.4, 0.5) is 5.69 Å². The number of carbonyl (C=O) groups excluding carboxylic acids is 1. The highest BCUT2D eigenvalue weighted by Crippen LogP contribution is 2.43. The van der Waals surface area contributed by atoms with Crippen molar-refractivity contribution in [2.75, 3.05) is 11.9 Å². The van der Waals surface area contributed by atoms with Crippen LogP contribution in [0.25, 0.3) is 0 Å². The molecule has 0 aromatic heterocycles. The number of para-hydroxylation sites is 1. The van der Waals surface area contributed by atoms with Crippen LogP contribution in [0, 0.1) is 12.3 Å². The van der Waals surface area contributed by atoms with Crippen molar-refractivity contribution in [3.8, 4) is 0 Å². The van der Waals surface area contributed by atoms with E-state index in [0.717, 1.165) is 48.9 Å². The van der Waals surface area contributed by atoms with Crippen LogP contribution in [0.3, 0.4) is 0 Å². The standard InChI is InChI=1S/C24H28N2O3/c1-17-9-11-18(12-10-17)22-25-20-8-4-3-7-19(20)23(29)26(22)16-24(15-21(27)28)13-5-2-6-14-24/h3-4,7-12,22,25H,2,5-6,13-16H2,1H3,(H,27,28). The Morgan fingerprint density at radius 2 is 1.79 bits per heavy atom. The van der Waals surface area contributed by atoms with Crippen LogP contribution in [0.2, 0.25) is 0 Å². The summed E-state index contributed by atoms with van der Waals surface area (Å²) in [6.45, 7) is 2.50. The van der Waals surface area contributed by atoms with E-state index in [0.29, 0.717) is 12.1 Å². The number of hydrogen-bond donors (Lipinski definition) is 2. The molecule has 1 atom stereocenters. The molecule has 1 aliphatic carbocycles. The summed E-state index contributed by atoms with van der Waals surface area (Å²) in [5.41, 5.74) is 3.29. The molecule has 1 unspecified atom stereocenters. The number of carbonyl (C=O) groups is 2. The minimum atomic E-state index is -0.781. The second-order valence-electron chi connectivity index (χ2n) is 8.57. The Kier molecular flexibility index (Phi) is 5.31. The molecule has 5 nitrogen and oxygen atoms in total. The van der Waals surface area contributed by atoms with E-state index in [1.54, 1.807) is 0 Å². The molecule has 0 spiro atoms. The second-order valence-corrected chi connectivity index (χ2v) is 8.57. The van der Waals surface area contributed by atoms with Crippen LogP contribution >= 0.6 is 0 Å². The molecule has 2 N–H and O–H groups in total. The summed E-state index contributed by atoms with van der Waals surface area (Å²) in [6, 6.07) is 15.8. The fraction of sp³-hybridized carbons (Fsp3) is 0.417. The number of carboxylic acids is 1. The van der Waals surface area contributed by atoms with E-state index in [2.05, 4.69) is 5.32 Å². The van der Waals surface area contributed by atoms with Crippen molar-refractivity contribution in [2.24, 2.45) is 5.41 Å². The van der Waals surface area contributed by atoms with E-state index in [4.69, 9.17) is 0 Å². The van der Waals surface area contributed by atoms with Crippen LogP contribution in [0.1, 0.15) is 66.2 Å². The molecular formula is C24H28N2O3. The maximum atomic E-state index is 13.5. The topological polar surface area (TPSA) is 69.6 Å². The van der Waals surface area contributed by atoms with Gasteiger partial charge >= 0.3 is 5.97 Å². The largest absolute Gasteiger partial charge is 0.481 e. The normalized spacial score (nSPS) is 20.7. The van der Waals surface area contributed by atoms with Crippen molar-refractivity contribution in [1.82, 2.24) is 4.90 Å². The lowest BCUT2D eigenvalue weighted by Crippen LogP contribution is -2.49. The Bertz CT molecular complexity index is 901. The third-order valence-corrected chi connectivity index (χ3v) is 6.36. The minimum Gasteiger partial charge on any atom is -0.481 e. The van der Waals surface area contributed by atoms with E-state index >= 15 is 0 Å². The molecule has 1 fully saturated rings. The lowest BCUT2D eigenvalue weighted by molar-refractivity contribution is -0.140. The molecule has 1 heterocycles. The molecule has 0 saturated heterocycles. The Balaban J connectivity index is 1.73. The van der Waals surface area contributed by atoms with Crippen molar-refractivity contribution in [1.29, 1.82) is 0 Å². The van der Waals surface area contributed by atoms with E-state index in [-0.39, 0.29) is 23.9 Å². The molecule has 152 valence electrons. The number of carboxylic acid groups (broad SMARTS) is 1. The Hall–Kier alpha value is -2.82. The van der Waals surface area contributed by atoms with Gasteiger partial charge in [-0.25, -0.2) is 0 Å². The number of fused-ring (bicyclic) bond motifs is 1. The van der Waals surface area contributed by atoms with Crippen molar-refractivity contribution in [3.63, 3.8) is 0 Å². The highest BCUT2D eigenvalue weighted by Gasteiger charge is 2.41. The van der Waals surface area contributed by atoms with Crippen molar-refractivity contribution >= 4 is 17.6 Å². The maximum absolute atomic E-state index is 13.5. The number of benzene rings is 2. The van der Waals surface area contributed by atoms with Crippen LogP contribution in [-0.4, -0.2) is 28.4 Å². The summed E-state index contributed by atoms with van der Waals surface area (Å²) in [7, 11) is 0. The Morgan fingerprint density at radius 1 is 1.10 bits per heavy atom. The molecule has 1 saturated carbocycles. The van der Waals surface area contributed by atoms with Gasteiger partial charge in [0.25, 0.3) is 5.91 Å². The quantitative estimate of drug-likeness (QED) is 0.752. The fourth-order valence-electron chi connectivity index (χ4n) is 4.84. The summed E-state index contributed by atoms with van der Waals surface area (Å²) >= 11 is 0. The smallest absolute Gasteiger partial charge is 0.303 e. The summed E-state index contributed by atoms with van der Waals surface area (Å²) in [4.78, 5) is 27.0. The van der Waals surface area contributed by atoms with Gasteiger partial charge in [0.2, 0.25) is 0 Å². The molecule has 29 heavy (non-hydrogen) atoms. The first kappa shape index (κ1) is 19.5. The number of aryl methyl sites for hydroxylation is 1. The number of nitrogens with one attached hydrogen (secondary N) is 1. The van der Waals surface area contributed by atoms with Gasteiger partial charge < -0.3 is 15.3 Å². The number of nitrogens with zero attached hydrogens (tertiary/aromatic N) is 1. The zero-order valence-electron chi connectivity index (χ0n) is 16.9. The summed E-state index contributed by atoms with van der Waals surface area (Å²) < 4.78 is 0. The van der Waals surface area contributed by atoms with Crippen LogP contribution < -0.4 is 5.32 Å². The van der Waals surface area contributed by atoms with Crippen molar-refractivity contribution in [3.05, 3.63) is 65.2 Å². The average molecular weight is 392 g/mol. The van der Waals surface area contributed by atoms with E-state index in [1.807, 2.05) is 60.4 Å². The average Bonchev–Trinajstić information content (AvgIpc) is 2.71. The predicted molar refractivity (Wildman–Crippen MR) is 113 cm³/mol. The Labute approximate surface area is 171 Å². The Morgan fingerprint density at radius 3 is 2.48 bits per heavy atom. The number of aliphatic carboxylic acids is 1. The van der Waals surface area contributed by atoms with Gasteiger partial charge in [-0.2, -0.15) is 0 Å². The van der Waals surface area contributed by atoms with Gasteiger partial charge in [-0.1, -0.05) is 61.2 Å². The van der Waals surface area contributed by atoms with Crippen molar-refractivity contribution in [2.45, 2.75) is 51.6 Å². The predicted octanol–water partition coefficient (Wildman–Crippen LogP) is 4.99. The highest BCUT2D eigenvalue weighted by molar-refractivity contribution is 6.01. The number of amides is 1. The third kappa shape index (κ3) is 4.00. The van der Waals surface area contributed by atoms with Gasteiger partial charge in [-0.15, -0.1) is 0 Å². The van der Waals surface area contributed by atoms with Crippen LogP contribution in [-0.2, 0) is 4.79 Å². The molecular weight excluding hydrogens is 364 g/mol. The van der Waals surface area contributed by atoms with Gasteiger partial charge in [0.15, 0.2) is 0 Å². The van der Waals surface area contributed by atoms with Gasteiger partial charge in [-0.3, -0.25) is 9.59 Å². The lowest BCUT2D eigenvalue weighted by Gasteiger charge is -2.45. The summed E-state index contributed by atoms with van der Waals surface area (Å²) in [6.07, 6.45) is 4.70. The molecule has 2 aliphatic rings. The minimum absolute atomic E-state index is 0.0275. The van der Waals surface area contributed by atoms with Gasteiger partial charge in [-0.05, 0) is 42.9 Å². The van der Waals surface area contributed by atoms with Gasteiger partial charge in [0.1, 0.15) is 6.17 Å². The first-order valence-electron chi connectivity index (χ1n) is 10.4. The lowest BCUT2D eigenvalue weighted by atomic mass is 9.71.